The van der Waals surface area contributed by atoms with Gasteiger partial charge in [0.1, 0.15) is 0 Å². The number of carbonyl (C=O) groups is 2. The maximum Gasteiger partial charge on any atom is 0.366 e. The van der Waals surface area contributed by atoms with E-state index in [1.165, 1.54) is 12.8 Å². The van der Waals surface area contributed by atoms with Gasteiger partial charge in [0.25, 0.3) is 5.79 Å². The van der Waals surface area contributed by atoms with Crippen LogP contribution in [0.2, 0.25) is 0 Å². The van der Waals surface area contributed by atoms with Crippen molar-refractivity contribution < 1.29 is 24.5 Å². The average molecular weight is 376 g/mol. The van der Waals surface area contributed by atoms with Crippen molar-refractivity contribution in [3.63, 3.8) is 0 Å². The zero-order valence-corrected chi connectivity index (χ0v) is 16.6. The topological polar surface area (TPSA) is 83.8 Å². The third kappa shape index (κ3) is 8.08. The third-order valence-corrected chi connectivity index (χ3v) is 4.48. The van der Waals surface area contributed by atoms with Crippen molar-refractivity contribution >= 4 is 11.8 Å². The van der Waals surface area contributed by atoms with Crippen LogP contribution in [0.15, 0.2) is 41.7 Å². The van der Waals surface area contributed by atoms with Gasteiger partial charge in [-0.05, 0) is 50.8 Å². The SMILES string of the molecule is CCCCCC=C[C@H]1C=CC(=O)[C@@H]1CC=C=C(C)CC(O)(O)C(=O)OCC. The minimum Gasteiger partial charge on any atom is -0.462 e. The van der Waals surface area contributed by atoms with Crippen LogP contribution in [-0.4, -0.2) is 34.4 Å². The van der Waals surface area contributed by atoms with Crippen molar-refractivity contribution in [2.24, 2.45) is 11.8 Å². The summed E-state index contributed by atoms with van der Waals surface area (Å²) in [5, 5.41) is 19.5. The van der Waals surface area contributed by atoms with Crippen LogP contribution in [0.25, 0.3) is 0 Å². The number of unbranched alkanes of at least 4 members (excludes halogenated alkanes) is 3. The molecule has 27 heavy (non-hydrogen) atoms. The molecule has 150 valence electrons. The number of aliphatic hydroxyl groups is 2. The number of carbonyl (C=O) groups excluding carboxylic acids is 2. The van der Waals surface area contributed by atoms with Gasteiger partial charge in [0.05, 0.1) is 6.61 Å². The van der Waals surface area contributed by atoms with Crippen LogP contribution >= 0.6 is 0 Å². The van der Waals surface area contributed by atoms with E-state index in [0.29, 0.717) is 12.0 Å². The predicted molar refractivity (Wildman–Crippen MR) is 105 cm³/mol. The lowest BCUT2D eigenvalue weighted by atomic mass is 9.90. The molecule has 0 bridgehead atoms. The van der Waals surface area contributed by atoms with E-state index in [0.717, 1.165) is 12.8 Å². The van der Waals surface area contributed by atoms with Crippen LogP contribution in [-0.2, 0) is 14.3 Å². The van der Waals surface area contributed by atoms with E-state index in [-0.39, 0.29) is 30.6 Å². The lowest BCUT2D eigenvalue weighted by Gasteiger charge is -2.18. The standard InChI is InChI=1S/C22H32O5/c1-4-6-7-8-9-12-18-14-15-20(23)19(18)13-10-11-17(3)16-22(25,26)21(24)27-5-2/h9-10,12,14-15,18-19,25-26H,4-8,13,16H2,1-3H3/t11?,18-,19+/m0/s1. The van der Waals surface area contributed by atoms with Crippen molar-refractivity contribution in [2.75, 3.05) is 6.61 Å². The Labute approximate surface area is 162 Å². The second-order valence-electron chi connectivity index (χ2n) is 6.95. The van der Waals surface area contributed by atoms with Gasteiger partial charge in [0.15, 0.2) is 5.78 Å². The Morgan fingerprint density at radius 3 is 2.74 bits per heavy atom. The molecule has 0 aliphatic heterocycles. The molecule has 0 radical (unpaired) electrons. The molecule has 5 nitrogen and oxygen atoms in total. The molecule has 0 aromatic carbocycles. The van der Waals surface area contributed by atoms with Crippen molar-refractivity contribution in [3.05, 3.63) is 41.7 Å². The molecule has 0 aromatic rings. The third-order valence-electron chi connectivity index (χ3n) is 4.48. The van der Waals surface area contributed by atoms with Gasteiger partial charge in [-0.15, -0.1) is 5.73 Å². The summed E-state index contributed by atoms with van der Waals surface area (Å²) < 4.78 is 4.63. The van der Waals surface area contributed by atoms with E-state index in [9.17, 15) is 19.8 Å². The molecule has 0 fully saturated rings. The summed E-state index contributed by atoms with van der Waals surface area (Å²) in [5.41, 5.74) is 3.45. The number of hydrogen-bond acceptors (Lipinski definition) is 5. The molecule has 0 spiro atoms. The minimum absolute atomic E-state index is 0.0739. The Morgan fingerprint density at radius 1 is 1.33 bits per heavy atom. The Kier molecular flexibility index (Phi) is 10.0. The molecular weight excluding hydrogens is 344 g/mol. The lowest BCUT2D eigenvalue weighted by Crippen LogP contribution is -2.40. The van der Waals surface area contributed by atoms with Gasteiger partial charge >= 0.3 is 5.97 Å². The minimum atomic E-state index is -2.56. The first-order valence-corrected chi connectivity index (χ1v) is 9.73. The lowest BCUT2D eigenvalue weighted by molar-refractivity contribution is -0.208. The smallest absolute Gasteiger partial charge is 0.366 e. The molecule has 1 rings (SSSR count). The largest absolute Gasteiger partial charge is 0.462 e. The molecule has 1 aliphatic rings. The Bertz CT molecular complexity index is 621. The maximum absolute atomic E-state index is 12.1. The van der Waals surface area contributed by atoms with E-state index in [2.05, 4.69) is 29.5 Å². The molecule has 0 amide bonds. The molecule has 0 saturated carbocycles. The highest BCUT2D eigenvalue weighted by Crippen LogP contribution is 2.27. The predicted octanol–water partition coefficient (Wildman–Crippen LogP) is 3.62. The molecule has 0 unspecified atom stereocenters. The number of allylic oxidation sites excluding steroid dienone is 4. The van der Waals surface area contributed by atoms with Crippen molar-refractivity contribution in [2.45, 2.75) is 65.1 Å². The molecule has 5 heteroatoms. The fourth-order valence-corrected chi connectivity index (χ4v) is 2.99. The molecule has 2 N–H and O–H groups in total. The highest BCUT2D eigenvalue weighted by atomic mass is 16.6. The van der Waals surface area contributed by atoms with Gasteiger partial charge in [0, 0.05) is 18.3 Å². The summed E-state index contributed by atoms with van der Waals surface area (Å²) in [5.74, 6) is -3.60. The monoisotopic (exact) mass is 376 g/mol. The number of esters is 1. The van der Waals surface area contributed by atoms with Gasteiger partial charge in [0.2, 0.25) is 0 Å². The second-order valence-corrected chi connectivity index (χ2v) is 6.95. The Balaban J connectivity index is 2.63. The van der Waals surface area contributed by atoms with Gasteiger partial charge in [-0.2, -0.15) is 0 Å². The van der Waals surface area contributed by atoms with Crippen LogP contribution in [0, 0.1) is 11.8 Å². The number of ether oxygens (including phenoxy) is 1. The normalized spacial score (nSPS) is 19.4. The van der Waals surface area contributed by atoms with E-state index in [1.54, 1.807) is 26.0 Å². The molecule has 0 heterocycles. The highest BCUT2D eigenvalue weighted by molar-refractivity contribution is 5.95. The van der Waals surface area contributed by atoms with Crippen LogP contribution in [0.4, 0.5) is 0 Å². The molecule has 2 atom stereocenters. The first-order chi connectivity index (χ1) is 12.8. The Morgan fingerprint density at radius 2 is 2.07 bits per heavy atom. The fraction of sp³-hybridized carbons (Fsp3) is 0.591. The quantitative estimate of drug-likeness (QED) is 0.189. The summed E-state index contributed by atoms with van der Waals surface area (Å²) in [6.07, 6.45) is 14.3. The van der Waals surface area contributed by atoms with Crippen LogP contribution < -0.4 is 0 Å². The Hall–Kier alpha value is -1.94. The van der Waals surface area contributed by atoms with Gasteiger partial charge in [-0.1, -0.05) is 38.0 Å². The van der Waals surface area contributed by atoms with Crippen molar-refractivity contribution in [3.8, 4) is 0 Å². The summed E-state index contributed by atoms with van der Waals surface area (Å²) in [4.78, 5) is 23.6. The highest BCUT2D eigenvalue weighted by Gasteiger charge is 2.35. The molecular formula is C22H32O5. The van der Waals surface area contributed by atoms with Crippen molar-refractivity contribution in [1.29, 1.82) is 0 Å². The zero-order chi connectivity index (χ0) is 20.3. The second kappa shape index (κ2) is 11.7. The number of ketones is 1. The van der Waals surface area contributed by atoms with Crippen molar-refractivity contribution in [1.82, 2.24) is 0 Å². The summed E-state index contributed by atoms with van der Waals surface area (Å²) in [6, 6.07) is 0. The first kappa shape index (κ1) is 23.1. The molecule has 1 aliphatic carbocycles. The van der Waals surface area contributed by atoms with E-state index in [4.69, 9.17) is 0 Å². The molecule has 0 aromatic heterocycles. The van der Waals surface area contributed by atoms with E-state index < -0.39 is 11.8 Å². The molecule has 0 saturated heterocycles. The average Bonchev–Trinajstić information content (AvgIpc) is 2.95. The van der Waals surface area contributed by atoms with Crippen LogP contribution in [0.3, 0.4) is 0 Å². The summed E-state index contributed by atoms with van der Waals surface area (Å²) >= 11 is 0. The summed E-state index contributed by atoms with van der Waals surface area (Å²) in [7, 11) is 0. The summed E-state index contributed by atoms with van der Waals surface area (Å²) in [6.45, 7) is 5.49. The van der Waals surface area contributed by atoms with Crippen LogP contribution in [0.5, 0.6) is 0 Å². The van der Waals surface area contributed by atoms with E-state index in [1.807, 2.05) is 6.08 Å². The first-order valence-electron chi connectivity index (χ1n) is 9.73. The van der Waals surface area contributed by atoms with E-state index >= 15 is 0 Å². The van der Waals surface area contributed by atoms with Gasteiger partial charge < -0.3 is 14.9 Å². The van der Waals surface area contributed by atoms with Gasteiger partial charge in [-0.25, -0.2) is 4.79 Å². The van der Waals surface area contributed by atoms with Crippen LogP contribution in [0.1, 0.15) is 59.3 Å². The van der Waals surface area contributed by atoms with Gasteiger partial charge in [-0.3, -0.25) is 4.79 Å². The maximum atomic E-state index is 12.1. The number of rotatable bonds is 11. The zero-order valence-electron chi connectivity index (χ0n) is 16.6. The fourth-order valence-electron chi connectivity index (χ4n) is 2.99. The number of hydrogen-bond donors (Lipinski definition) is 2.